The van der Waals surface area contributed by atoms with Crippen molar-refractivity contribution in [3.8, 4) is 5.75 Å². The van der Waals surface area contributed by atoms with Crippen LogP contribution in [0.3, 0.4) is 0 Å². The fourth-order valence-electron chi connectivity index (χ4n) is 1.13. The normalized spacial score (nSPS) is 9.93. The first-order valence-corrected chi connectivity index (χ1v) is 4.62. The summed E-state index contributed by atoms with van der Waals surface area (Å²) in [5, 5.41) is 0. The third-order valence-electron chi connectivity index (χ3n) is 1.91. The predicted octanol–water partition coefficient (Wildman–Crippen LogP) is 0.270. The van der Waals surface area contributed by atoms with Gasteiger partial charge in [-0.1, -0.05) is 0 Å². The molecular weight excluding hydrogens is 180 g/mol. The van der Waals surface area contributed by atoms with Gasteiger partial charge in [-0.2, -0.15) is 0 Å². The van der Waals surface area contributed by atoms with Gasteiger partial charge in [0.1, 0.15) is 0 Å². The fourth-order valence-corrected chi connectivity index (χ4v) is 1.13. The number of ether oxygens (including phenoxy) is 1. The van der Waals surface area contributed by atoms with Gasteiger partial charge in [0.25, 0.3) is 0 Å². The first kappa shape index (κ1) is 10.7. The highest BCUT2D eigenvalue weighted by Gasteiger charge is 2.05. The Kier molecular flexibility index (Phi) is 4.12. The molecule has 0 aliphatic carbocycles. The summed E-state index contributed by atoms with van der Waals surface area (Å²) in [5.41, 5.74) is 5.48. The van der Waals surface area contributed by atoms with Gasteiger partial charge in [-0.05, 0) is 6.92 Å². The second kappa shape index (κ2) is 5.39. The molecule has 1 aromatic rings. The van der Waals surface area contributed by atoms with E-state index in [9.17, 15) is 0 Å². The second-order valence-electron chi connectivity index (χ2n) is 2.79. The highest BCUT2D eigenvalue weighted by atomic mass is 16.5. The van der Waals surface area contributed by atoms with Crippen molar-refractivity contribution in [2.24, 2.45) is 5.73 Å². The molecule has 14 heavy (non-hydrogen) atoms. The molecule has 0 atom stereocenters. The Balaban J connectivity index is 2.73. The number of hydrogen-bond donors (Lipinski definition) is 1. The van der Waals surface area contributed by atoms with Gasteiger partial charge in [-0.25, -0.2) is 9.97 Å². The Labute approximate surface area is 83.9 Å². The van der Waals surface area contributed by atoms with Gasteiger partial charge in [0.2, 0.25) is 5.95 Å². The smallest absolute Gasteiger partial charge is 0.225 e. The lowest BCUT2D eigenvalue weighted by Crippen LogP contribution is -2.30. The number of methoxy groups -OCH3 is 1. The fraction of sp³-hybridized carbons (Fsp3) is 0.556. The number of nitrogens with two attached hydrogens (primary N) is 1. The summed E-state index contributed by atoms with van der Waals surface area (Å²) in [7, 11) is 1.59. The number of rotatable bonds is 5. The number of likely N-dealkylation sites (N-methyl/N-ethyl adjacent to an activating group) is 1. The summed E-state index contributed by atoms with van der Waals surface area (Å²) in [4.78, 5) is 10.4. The first-order chi connectivity index (χ1) is 6.81. The van der Waals surface area contributed by atoms with Gasteiger partial charge in [0.05, 0.1) is 19.5 Å². The maximum absolute atomic E-state index is 5.48. The quantitative estimate of drug-likeness (QED) is 0.732. The van der Waals surface area contributed by atoms with Crippen molar-refractivity contribution in [3.05, 3.63) is 12.4 Å². The average molecular weight is 196 g/mol. The molecule has 0 fully saturated rings. The maximum atomic E-state index is 5.48. The van der Waals surface area contributed by atoms with Crippen LogP contribution in [0, 0.1) is 0 Å². The monoisotopic (exact) mass is 196 g/mol. The molecule has 0 saturated carbocycles. The Hall–Kier alpha value is -1.36. The molecule has 0 amide bonds. The van der Waals surface area contributed by atoms with Crippen LogP contribution in [0.5, 0.6) is 5.75 Å². The van der Waals surface area contributed by atoms with Crippen LogP contribution in [0.25, 0.3) is 0 Å². The standard InChI is InChI=1S/C9H16N4O/c1-3-13(5-4-10)9-11-6-8(14-2)7-12-9/h6-7H,3-5,10H2,1-2H3. The van der Waals surface area contributed by atoms with Crippen molar-refractivity contribution in [3.63, 3.8) is 0 Å². The summed E-state index contributed by atoms with van der Waals surface area (Å²) in [5.74, 6) is 1.36. The molecule has 1 aromatic heterocycles. The highest BCUT2D eigenvalue weighted by Crippen LogP contribution is 2.10. The van der Waals surface area contributed by atoms with Crippen molar-refractivity contribution in [2.75, 3.05) is 31.6 Å². The molecule has 0 spiro atoms. The largest absolute Gasteiger partial charge is 0.494 e. The lowest BCUT2D eigenvalue weighted by molar-refractivity contribution is 0.410. The molecule has 0 aromatic carbocycles. The van der Waals surface area contributed by atoms with E-state index in [1.54, 1.807) is 19.5 Å². The first-order valence-electron chi connectivity index (χ1n) is 4.62. The highest BCUT2D eigenvalue weighted by molar-refractivity contribution is 5.30. The number of hydrogen-bond acceptors (Lipinski definition) is 5. The van der Waals surface area contributed by atoms with Crippen molar-refractivity contribution in [1.82, 2.24) is 9.97 Å². The Morgan fingerprint density at radius 2 is 2.07 bits per heavy atom. The van der Waals surface area contributed by atoms with E-state index in [4.69, 9.17) is 10.5 Å². The van der Waals surface area contributed by atoms with Crippen LogP contribution >= 0.6 is 0 Å². The van der Waals surface area contributed by atoms with Gasteiger partial charge in [0.15, 0.2) is 5.75 Å². The SMILES string of the molecule is CCN(CCN)c1ncc(OC)cn1. The summed E-state index contributed by atoms with van der Waals surface area (Å²) < 4.78 is 4.97. The molecule has 78 valence electrons. The topological polar surface area (TPSA) is 64.3 Å². The van der Waals surface area contributed by atoms with Gasteiger partial charge in [-0.3, -0.25) is 0 Å². The number of anilines is 1. The molecule has 0 unspecified atom stereocenters. The van der Waals surface area contributed by atoms with E-state index in [0.717, 1.165) is 13.1 Å². The van der Waals surface area contributed by atoms with Crippen molar-refractivity contribution >= 4 is 5.95 Å². The lowest BCUT2D eigenvalue weighted by atomic mass is 10.5. The van der Waals surface area contributed by atoms with E-state index < -0.39 is 0 Å². The van der Waals surface area contributed by atoms with Crippen LogP contribution in [-0.2, 0) is 0 Å². The van der Waals surface area contributed by atoms with Crippen LogP contribution in [0.1, 0.15) is 6.92 Å². The number of aromatic nitrogens is 2. The zero-order valence-electron chi connectivity index (χ0n) is 8.60. The maximum Gasteiger partial charge on any atom is 0.225 e. The molecule has 1 rings (SSSR count). The third-order valence-corrected chi connectivity index (χ3v) is 1.91. The molecule has 0 radical (unpaired) electrons. The minimum Gasteiger partial charge on any atom is -0.494 e. The van der Waals surface area contributed by atoms with Gasteiger partial charge in [0, 0.05) is 19.6 Å². The van der Waals surface area contributed by atoms with Crippen molar-refractivity contribution in [2.45, 2.75) is 6.92 Å². The van der Waals surface area contributed by atoms with Gasteiger partial charge >= 0.3 is 0 Å². The Bertz CT molecular complexity index is 262. The summed E-state index contributed by atoms with van der Waals surface area (Å²) in [6.45, 7) is 4.26. The Morgan fingerprint density at radius 3 is 2.50 bits per heavy atom. The minimum absolute atomic E-state index is 0.600. The minimum atomic E-state index is 0.600. The molecule has 5 nitrogen and oxygen atoms in total. The number of nitrogens with zero attached hydrogens (tertiary/aromatic N) is 3. The summed E-state index contributed by atoms with van der Waals surface area (Å²) >= 11 is 0. The second-order valence-corrected chi connectivity index (χ2v) is 2.79. The lowest BCUT2D eigenvalue weighted by Gasteiger charge is -2.19. The van der Waals surface area contributed by atoms with E-state index in [0.29, 0.717) is 18.2 Å². The van der Waals surface area contributed by atoms with Crippen molar-refractivity contribution < 1.29 is 4.74 Å². The Morgan fingerprint density at radius 1 is 1.43 bits per heavy atom. The van der Waals surface area contributed by atoms with Crippen LogP contribution in [0.2, 0.25) is 0 Å². The summed E-state index contributed by atoms with van der Waals surface area (Å²) in [6, 6.07) is 0. The van der Waals surface area contributed by atoms with E-state index in [-0.39, 0.29) is 0 Å². The van der Waals surface area contributed by atoms with E-state index >= 15 is 0 Å². The van der Waals surface area contributed by atoms with E-state index in [2.05, 4.69) is 9.97 Å². The van der Waals surface area contributed by atoms with Crippen molar-refractivity contribution in [1.29, 1.82) is 0 Å². The summed E-state index contributed by atoms with van der Waals surface area (Å²) in [6.07, 6.45) is 3.31. The molecule has 5 heteroatoms. The molecule has 0 saturated heterocycles. The molecular formula is C9H16N4O. The molecule has 0 aliphatic heterocycles. The van der Waals surface area contributed by atoms with Gasteiger partial charge in [-0.15, -0.1) is 0 Å². The molecule has 2 N–H and O–H groups in total. The third kappa shape index (κ3) is 2.56. The van der Waals surface area contributed by atoms with Crippen LogP contribution in [-0.4, -0.2) is 36.7 Å². The van der Waals surface area contributed by atoms with Crippen LogP contribution in [0.4, 0.5) is 5.95 Å². The zero-order valence-corrected chi connectivity index (χ0v) is 8.60. The van der Waals surface area contributed by atoms with Crippen LogP contribution in [0.15, 0.2) is 12.4 Å². The molecule has 0 bridgehead atoms. The van der Waals surface area contributed by atoms with E-state index in [1.165, 1.54) is 0 Å². The van der Waals surface area contributed by atoms with Crippen LogP contribution < -0.4 is 15.4 Å². The van der Waals surface area contributed by atoms with Gasteiger partial charge < -0.3 is 15.4 Å². The zero-order chi connectivity index (χ0) is 10.4. The average Bonchev–Trinajstić information content (AvgIpc) is 2.26. The predicted molar refractivity (Wildman–Crippen MR) is 55.5 cm³/mol. The molecule has 0 aliphatic rings. The molecule has 1 heterocycles. The van der Waals surface area contributed by atoms with E-state index in [1.807, 2.05) is 11.8 Å².